The number of benzene rings is 1. The molecule has 0 saturated heterocycles. The average Bonchev–Trinajstić information content (AvgIpc) is 2.87. The van der Waals surface area contributed by atoms with Gasteiger partial charge in [0.15, 0.2) is 0 Å². The minimum atomic E-state index is -2.88. The fourth-order valence-corrected chi connectivity index (χ4v) is 1.90. The van der Waals surface area contributed by atoms with Crippen molar-refractivity contribution in [2.24, 2.45) is 0 Å². The van der Waals surface area contributed by atoms with E-state index in [9.17, 15) is 8.78 Å². The molecule has 0 saturated carbocycles. The van der Waals surface area contributed by atoms with E-state index in [4.69, 9.17) is 11.6 Å². The van der Waals surface area contributed by atoms with E-state index in [1.807, 2.05) is 17.8 Å². The third kappa shape index (κ3) is 3.84. The van der Waals surface area contributed by atoms with Gasteiger partial charge < -0.3 is 10.1 Å². The van der Waals surface area contributed by atoms with Crippen molar-refractivity contribution in [1.29, 1.82) is 0 Å². The molecular formula is C13H14ClF2N3O. The molecule has 0 atom stereocenters. The van der Waals surface area contributed by atoms with Gasteiger partial charge in [-0.25, -0.2) is 0 Å². The number of alkyl halides is 2. The second-order valence-corrected chi connectivity index (χ2v) is 4.49. The number of aromatic nitrogens is 2. The lowest BCUT2D eigenvalue weighted by molar-refractivity contribution is -0.0497. The summed E-state index contributed by atoms with van der Waals surface area (Å²) in [6, 6.07) is 4.59. The highest BCUT2D eigenvalue weighted by molar-refractivity contribution is 6.32. The summed E-state index contributed by atoms with van der Waals surface area (Å²) >= 11 is 5.87. The first-order valence-electron chi connectivity index (χ1n) is 6.08. The van der Waals surface area contributed by atoms with Gasteiger partial charge in [-0.1, -0.05) is 11.6 Å². The van der Waals surface area contributed by atoms with Gasteiger partial charge in [0.25, 0.3) is 0 Å². The van der Waals surface area contributed by atoms with Crippen LogP contribution in [0.2, 0.25) is 5.02 Å². The molecule has 0 fully saturated rings. The van der Waals surface area contributed by atoms with Gasteiger partial charge in [-0.3, -0.25) is 4.68 Å². The molecule has 1 N–H and O–H groups in total. The van der Waals surface area contributed by atoms with Crippen molar-refractivity contribution in [1.82, 2.24) is 9.78 Å². The summed E-state index contributed by atoms with van der Waals surface area (Å²) in [4.78, 5) is 0. The normalized spacial score (nSPS) is 10.8. The third-order valence-corrected chi connectivity index (χ3v) is 2.95. The molecule has 1 heterocycles. The fourth-order valence-electron chi connectivity index (χ4n) is 1.68. The van der Waals surface area contributed by atoms with Crippen LogP contribution in [0.1, 0.15) is 12.5 Å². The number of hydrogen-bond donors (Lipinski definition) is 1. The Morgan fingerprint density at radius 3 is 2.85 bits per heavy atom. The number of nitrogens with zero attached hydrogens (tertiary/aromatic N) is 2. The van der Waals surface area contributed by atoms with E-state index in [1.165, 1.54) is 6.07 Å². The first-order chi connectivity index (χ1) is 9.58. The number of ether oxygens (including phenoxy) is 1. The summed E-state index contributed by atoms with van der Waals surface area (Å²) < 4.78 is 30.3. The van der Waals surface area contributed by atoms with E-state index in [0.29, 0.717) is 6.54 Å². The van der Waals surface area contributed by atoms with E-state index in [1.54, 1.807) is 18.3 Å². The summed E-state index contributed by atoms with van der Waals surface area (Å²) in [5.74, 6) is -0.0361. The molecule has 1 aromatic carbocycles. The SMILES string of the molecule is CCn1cc(CNc2ccc(OC(F)F)c(Cl)c2)cn1. The van der Waals surface area contributed by atoms with Gasteiger partial charge >= 0.3 is 6.61 Å². The minimum absolute atomic E-state index is 0.0361. The number of hydrogen-bond acceptors (Lipinski definition) is 3. The molecule has 4 nitrogen and oxygen atoms in total. The van der Waals surface area contributed by atoms with Gasteiger partial charge in [0.05, 0.1) is 11.2 Å². The number of nitrogens with one attached hydrogen (secondary N) is 1. The predicted molar refractivity (Wildman–Crippen MR) is 73.3 cm³/mol. The van der Waals surface area contributed by atoms with Crippen LogP contribution in [-0.2, 0) is 13.1 Å². The molecule has 2 rings (SSSR count). The number of rotatable bonds is 6. The monoisotopic (exact) mass is 301 g/mol. The van der Waals surface area contributed by atoms with Gasteiger partial charge in [0.2, 0.25) is 0 Å². The maximum absolute atomic E-state index is 12.1. The zero-order valence-corrected chi connectivity index (χ0v) is 11.6. The molecular weight excluding hydrogens is 288 g/mol. The topological polar surface area (TPSA) is 39.1 Å². The first kappa shape index (κ1) is 14.6. The van der Waals surface area contributed by atoms with E-state index in [0.717, 1.165) is 17.8 Å². The lowest BCUT2D eigenvalue weighted by Crippen LogP contribution is -2.03. The average molecular weight is 302 g/mol. The molecule has 20 heavy (non-hydrogen) atoms. The maximum atomic E-state index is 12.1. The third-order valence-electron chi connectivity index (χ3n) is 2.66. The number of aryl methyl sites for hydroxylation is 1. The Kier molecular flexibility index (Phi) is 4.79. The molecule has 7 heteroatoms. The largest absolute Gasteiger partial charge is 0.433 e. The highest BCUT2D eigenvalue weighted by Gasteiger charge is 2.09. The zero-order valence-electron chi connectivity index (χ0n) is 10.8. The summed E-state index contributed by atoms with van der Waals surface area (Å²) in [5, 5.41) is 7.44. The Labute approximate surface area is 120 Å². The molecule has 108 valence electrons. The summed E-state index contributed by atoms with van der Waals surface area (Å²) in [5.41, 5.74) is 1.75. The van der Waals surface area contributed by atoms with Crippen LogP contribution in [0, 0.1) is 0 Å². The second-order valence-electron chi connectivity index (χ2n) is 4.08. The molecule has 0 spiro atoms. The molecule has 0 radical (unpaired) electrons. The summed E-state index contributed by atoms with van der Waals surface area (Å²) in [6.45, 7) is 0.508. The van der Waals surface area contributed by atoms with Crippen LogP contribution >= 0.6 is 11.6 Å². The van der Waals surface area contributed by atoms with Crippen molar-refractivity contribution in [2.45, 2.75) is 26.6 Å². The molecule has 2 aromatic rings. The molecule has 0 aliphatic carbocycles. The Hall–Kier alpha value is -1.82. The van der Waals surface area contributed by atoms with Crippen LogP contribution in [0.15, 0.2) is 30.6 Å². The molecule has 0 aliphatic heterocycles. The Morgan fingerprint density at radius 2 is 2.25 bits per heavy atom. The fraction of sp³-hybridized carbons (Fsp3) is 0.308. The first-order valence-corrected chi connectivity index (χ1v) is 6.46. The van der Waals surface area contributed by atoms with E-state index in [-0.39, 0.29) is 10.8 Å². The van der Waals surface area contributed by atoms with Crippen LogP contribution < -0.4 is 10.1 Å². The van der Waals surface area contributed by atoms with Crippen molar-refractivity contribution < 1.29 is 13.5 Å². The lowest BCUT2D eigenvalue weighted by atomic mass is 10.3. The van der Waals surface area contributed by atoms with E-state index >= 15 is 0 Å². The molecule has 0 aliphatic rings. The molecule has 0 bridgehead atoms. The van der Waals surface area contributed by atoms with Gasteiger partial charge in [0.1, 0.15) is 5.75 Å². The van der Waals surface area contributed by atoms with Gasteiger partial charge in [0, 0.05) is 30.5 Å². The van der Waals surface area contributed by atoms with Crippen LogP contribution in [-0.4, -0.2) is 16.4 Å². The van der Waals surface area contributed by atoms with Gasteiger partial charge in [-0.2, -0.15) is 13.9 Å². The van der Waals surface area contributed by atoms with Crippen LogP contribution in [0.4, 0.5) is 14.5 Å². The summed E-state index contributed by atoms with van der Waals surface area (Å²) in [6.07, 6.45) is 3.70. The number of anilines is 1. The van der Waals surface area contributed by atoms with Crippen LogP contribution in [0.25, 0.3) is 0 Å². The van der Waals surface area contributed by atoms with Crippen molar-refractivity contribution in [2.75, 3.05) is 5.32 Å². The van der Waals surface area contributed by atoms with Gasteiger partial charge in [-0.05, 0) is 25.1 Å². The molecule has 1 aromatic heterocycles. The van der Waals surface area contributed by atoms with Crippen molar-refractivity contribution in [3.8, 4) is 5.75 Å². The van der Waals surface area contributed by atoms with Crippen molar-refractivity contribution >= 4 is 17.3 Å². The quantitative estimate of drug-likeness (QED) is 0.883. The maximum Gasteiger partial charge on any atom is 0.387 e. The predicted octanol–water partition coefficient (Wildman–Crippen LogP) is 3.77. The van der Waals surface area contributed by atoms with Gasteiger partial charge in [-0.15, -0.1) is 0 Å². The van der Waals surface area contributed by atoms with Crippen molar-refractivity contribution in [3.05, 3.63) is 41.2 Å². The van der Waals surface area contributed by atoms with Crippen LogP contribution in [0.3, 0.4) is 0 Å². The molecule has 0 unspecified atom stereocenters. The molecule has 0 amide bonds. The Balaban J connectivity index is 1.97. The number of halogens is 3. The lowest BCUT2D eigenvalue weighted by Gasteiger charge is -2.09. The smallest absolute Gasteiger partial charge is 0.387 e. The highest BCUT2D eigenvalue weighted by atomic mass is 35.5. The Morgan fingerprint density at radius 1 is 1.45 bits per heavy atom. The summed E-state index contributed by atoms with van der Waals surface area (Å²) in [7, 11) is 0. The highest BCUT2D eigenvalue weighted by Crippen LogP contribution is 2.29. The second kappa shape index (κ2) is 6.56. The zero-order chi connectivity index (χ0) is 14.5. The van der Waals surface area contributed by atoms with Crippen LogP contribution in [0.5, 0.6) is 5.75 Å². The minimum Gasteiger partial charge on any atom is -0.433 e. The van der Waals surface area contributed by atoms with Crippen molar-refractivity contribution in [3.63, 3.8) is 0 Å². The van der Waals surface area contributed by atoms with E-state index < -0.39 is 6.61 Å². The Bertz CT molecular complexity index is 574. The standard InChI is InChI=1S/C13H14ClF2N3O/c1-2-19-8-9(7-18-19)6-17-10-3-4-12(11(14)5-10)20-13(15)16/h3-5,7-8,13,17H,2,6H2,1H3. The van der Waals surface area contributed by atoms with E-state index in [2.05, 4.69) is 15.2 Å².